The molecule has 1 N–H and O–H groups in total. The van der Waals surface area contributed by atoms with E-state index in [2.05, 4.69) is 15.2 Å². The smallest absolute Gasteiger partial charge is 0.269 e. The molecule has 0 atom stereocenters. The molecule has 1 saturated heterocycles. The SMILES string of the molecule is CNC(=O)c1cc(CCN2CCCCCCC2)ccn1. The number of rotatable bonds is 4. The summed E-state index contributed by atoms with van der Waals surface area (Å²) in [6.07, 6.45) is 9.49. The van der Waals surface area contributed by atoms with E-state index in [1.54, 1.807) is 13.2 Å². The summed E-state index contributed by atoms with van der Waals surface area (Å²) < 4.78 is 0. The number of amides is 1. The van der Waals surface area contributed by atoms with Crippen molar-refractivity contribution < 1.29 is 4.79 Å². The fourth-order valence-electron chi connectivity index (χ4n) is 2.71. The predicted molar refractivity (Wildman–Crippen MR) is 80.9 cm³/mol. The highest BCUT2D eigenvalue weighted by molar-refractivity contribution is 5.92. The highest BCUT2D eigenvalue weighted by Gasteiger charge is 2.09. The Morgan fingerprint density at radius 2 is 1.95 bits per heavy atom. The third-order valence-electron chi connectivity index (χ3n) is 3.95. The van der Waals surface area contributed by atoms with Crippen molar-refractivity contribution in [2.75, 3.05) is 26.7 Å². The normalized spacial score (nSPS) is 17.2. The van der Waals surface area contributed by atoms with Gasteiger partial charge in [0.2, 0.25) is 0 Å². The van der Waals surface area contributed by atoms with E-state index in [1.165, 1.54) is 50.8 Å². The van der Waals surface area contributed by atoms with Crippen LogP contribution in [0.5, 0.6) is 0 Å². The molecule has 2 rings (SSSR count). The number of likely N-dealkylation sites (tertiary alicyclic amines) is 1. The van der Waals surface area contributed by atoms with Gasteiger partial charge in [-0.1, -0.05) is 19.3 Å². The molecule has 0 spiro atoms. The number of hydrogen-bond donors (Lipinski definition) is 1. The summed E-state index contributed by atoms with van der Waals surface area (Å²) in [4.78, 5) is 18.2. The quantitative estimate of drug-likeness (QED) is 0.916. The van der Waals surface area contributed by atoms with Crippen molar-refractivity contribution in [1.82, 2.24) is 15.2 Å². The lowest BCUT2D eigenvalue weighted by molar-refractivity contribution is 0.0958. The van der Waals surface area contributed by atoms with Crippen molar-refractivity contribution in [3.63, 3.8) is 0 Å². The maximum Gasteiger partial charge on any atom is 0.269 e. The minimum absolute atomic E-state index is 0.113. The van der Waals surface area contributed by atoms with E-state index in [0.29, 0.717) is 5.69 Å². The zero-order valence-corrected chi connectivity index (χ0v) is 12.4. The van der Waals surface area contributed by atoms with E-state index in [1.807, 2.05) is 12.1 Å². The van der Waals surface area contributed by atoms with Crippen LogP contribution in [-0.4, -0.2) is 42.5 Å². The van der Waals surface area contributed by atoms with Crippen LogP contribution in [0.15, 0.2) is 18.3 Å². The molecule has 0 saturated carbocycles. The number of carbonyl (C=O) groups is 1. The minimum Gasteiger partial charge on any atom is -0.354 e. The minimum atomic E-state index is -0.113. The van der Waals surface area contributed by atoms with E-state index < -0.39 is 0 Å². The lowest BCUT2D eigenvalue weighted by atomic mass is 10.1. The van der Waals surface area contributed by atoms with Gasteiger partial charge in [-0.05, 0) is 50.0 Å². The van der Waals surface area contributed by atoms with Crippen molar-refractivity contribution >= 4 is 5.91 Å². The molecule has 2 heterocycles. The van der Waals surface area contributed by atoms with Gasteiger partial charge in [-0.3, -0.25) is 9.78 Å². The first-order valence-corrected chi connectivity index (χ1v) is 7.69. The maximum absolute atomic E-state index is 11.6. The monoisotopic (exact) mass is 275 g/mol. The van der Waals surface area contributed by atoms with Crippen LogP contribution in [-0.2, 0) is 6.42 Å². The molecule has 1 aliphatic heterocycles. The van der Waals surface area contributed by atoms with Crippen LogP contribution in [0.25, 0.3) is 0 Å². The van der Waals surface area contributed by atoms with Crippen LogP contribution in [0.4, 0.5) is 0 Å². The predicted octanol–water partition coefficient (Wildman–Crippen LogP) is 2.25. The topological polar surface area (TPSA) is 45.2 Å². The van der Waals surface area contributed by atoms with Gasteiger partial charge in [-0.15, -0.1) is 0 Å². The van der Waals surface area contributed by atoms with Gasteiger partial charge in [0.1, 0.15) is 5.69 Å². The molecule has 4 nitrogen and oxygen atoms in total. The van der Waals surface area contributed by atoms with Crippen molar-refractivity contribution in [3.8, 4) is 0 Å². The zero-order valence-electron chi connectivity index (χ0n) is 12.4. The van der Waals surface area contributed by atoms with Gasteiger partial charge in [0.25, 0.3) is 5.91 Å². The Morgan fingerprint density at radius 1 is 1.25 bits per heavy atom. The molecule has 1 fully saturated rings. The number of nitrogens with one attached hydrogen (secondary N) is 1. The fourth-order valence-corrected chi connectivity index (χ4v) is 2.71. The summed E-state index contributed by atoms with van der Waals surface area (Å²) >= 11 is 0. The highest BCUT2D eigenvalue weighted by atomic mass is 16.1. The first-order chi connectivity index (χ1) is 9.79. The lowest BCUT2D eigenvalue weighted by Crippen LogP contribution is -2.29. The standard InChI is InChI=1S/C16H25N3O/c1-17-16(20)15-13-14(7-9-18-15)8-12-19-10-5-3-2-4-6-11-19/h7,9,13H,2-6,8,10-12H2,1H3,(H,17,20). The molecule has 0 aromatic carbocycles. The molecular weight excluding hydrogens is 250 g/mol. The van der Waals surface area contributed by atoms with Gasteiger partial charge < -0.3 is 10.2 Å². The molecule has 0 aliphatic carbocycles. The molecule has 1 aromatic heterocycles. The molecule has 20 heavy (non-hydrogen) atoms. The first kappa shape index (κ1) is 15.0. The van der Waals surface area contributed by atoms with E-state index in [-0.39, 0.29) is 5.91 Å². The Kier molecular flexibility index (Phi) is 5.99. The lowest BCUT2D eigenvalue weighted by Gasteiger charge is -2.24. The number of pyridine rings is 1. The first-order valence-electron chi connectivity index (χ1n) is 7.69. The summed E-state index contributed by atoms with van der Waals surface area (Å²) in [5, 5.41) is 2.62. The van der Waals surface area contributed by atoms with Crippen LogP contribution in [0, 0.1) is 0 Å². The second-order valence-electron chi connectivity index (χ2n) is 5.49. The Balaban J connectivity index is 1.87. The van der Waals surface area contributed by atoms with Gasteiger partial charge in [-0.2, -0.15) is 0 Å². The van der Waals surface area contributed by atoms with Gasteiger partial charge in [0, 0.05) is 19.8 Å². The third-order valence-corrected chi connectivity index (χ3v) is 3.95. The average molecular weight is 275 g/mol. The van der Waals surface area contributed by atoms with Crippen molar-refractivity contribution in [3.05, 3.63) is 29.6 Å². The van der Waals surface area contributed by atoms with Crippen LogP contribution in [0.3, 0.4) is 0 Å². The number of carbonyl (C=O) groups excluding carboxylic acids is 1. The van der Waals surface area contributed by atoms with Crippen LogP contribution in [0.1, 0.15) is 48.2 Å². The fraction of sp³-hybridized carbons (Fsp3) is 0.625. The average Bonchev–Trinajstić information content (AvgIpc) is 2.45. The Hall–Kier alpha value is -1.42. The Morgan fingerprint density at radius 3 is 2.65 bits per heavy atom. The molecule has 4 heteroatoms. The second kappa shape index (κ2) is 8.00. The molecule has 0 radical (unpaired) electrons. The number of nitrogens with zero attached hydrogens (tertiary/aromatic N) is 2. The number of aromatic nitrogens is 1. The van der Waals surface area contributed by atoms with Crippen molar-refractivity contribution in [1.29, 1.82) is 0 Å². The molecular formula is C16H25N3O. The molecule has 1 aromatic rings. The Bertz CT molecular complexity index is 425. The summed E-state index contributed by atoms with van der Waals surface area (Å²) in [5.41, 5.74) is 1.71. The van der Waals surface area contributed by atoms with E-state index in [9.17, 15) is 4.79 Å². The Labute approximate surface area is 121 Å². The molecule has 1 aliphatic rings. The molecule has 1 amide bonds. The summed E-state index contributed by atoms with van der Waals surface area (Å²) in [5.74, 6) is -0.113. The van der Waals surface area contributed by atoms with Gasteiger partial charge in [0.05, 0.1) is 0 Å². The van der Waals surface area contributed by atoms with E-state index in [4.69, 9.17) is 0 Å². The van der Waals surface area contributed by atoms with Gasteiger partial charge >= 0.3 is 0 Å². The zero-order chi connectivity index (χ0) is 14.2. The van der Waals surface area contributed by atoms with Crippen molar-refractivity contribution in [2.45, 2.75) is 38.5 Å². The van der Waals surface area contributed by atoms with Crippen LogP contribution >= 0.6 is 0 Å². The largest absolute Gasteiger partial charge is 0.354 e. The third kappa shape index (κ3) is 4.60. The van der Waals surface area contributed by atoms with Gasteiger partial charge in [0.15, 0.2) is 0 Å². The molecule has 0 bridgehead atoms. The van der Waals surface area contributed by atoms with Crippen LogP contribution < -0.4 is 5.32 Å². The van der Waals surface area contributed by atoms with E-state index >= 15 is 0 Å². The second-order valence-corrected chi connectivity index (χ2v) is 5.49. The van der Waals surface area contributed by atoms with Gasteiger partial charge in [-0.25, -0.2) is 0 Å². The highest BCUT2D eigenvalue weighted by Crippen LogP contribution is 2.11. The van der Waals surface area contributed by atoms with Crippen LogP contribution in [0.2, 0.25) is 0 Å². The summed E-state index contributed by atoms with van der Waals surface area (Å²) in [6.45, 7) is 3.51. The number of hydrogen-bond acceptors (Lipinski definition) is 3. The van der Waals surface area contributed by atoms with E-state index in [0.717, 1.165) is 13.0 Å². The molecule has 110 valence electrons. The van der Waals surface area contributed by atoms with Crippen molar-refractivity contribution in [2.24, 2.45) is 0 Å². The molecule has 0 unspecified atom stereocenters. The summed E-state index contributed by atoms with van der Waals surface area (Å²) in [7, 11) is 1.64. The summed E-state index contributed by atoms with van der Waals surface area (Å²) in [6, 6.07) is 3.92. The maximum atomic E-state index is 11.6.